The van der Waals surface area contributed by atoms with E-state index in [-0.39, 0.29) is 25.1 Å². The fourth-order valence-corrected chi connectivity index (χ4v) is 4.04. The lowest BCUT2D eigenvalue weighted by molar-refractivity contribution is 0.191. The summed E-state index contributed by atoms with van der Waals surface area (Å²) in [5, 5.41) is 0. The zero-order valence-electron chi connectivity index (χ0n) is 19.1. The first-order valence-electron chi connectivity index (χ1n) is 9.26. The van der Waals surface area contributed by atoms with Gasteiger partial charge in [-0.3, -0.25) is 4.52 Å². The van der Waals surface area contributed by atoms with Gasteiger partial charge < -0.3 is 33.1 Å². The van der Waals surface area contributed by atoms with Crippen molar-refractivity contribution in [3.8, 4) is 0 Å². The van der Waals surface area contributed by atoms with Crippen LogP contribution in [0, 0.1) is 0 Å². The molecule has 1 unspecified atom stereocenters. The number of allylic oxidation sites excluding steroid dienone is 5. The Morgan fingerprint density at radius 2 is 1.34 bits per heavy atom. The maximum Gasteiger partial charge on any atom is 0.481 e. The molecular formula is C20H39N3O7P2. The molecule has 0 fully saturated rings. The second-order valence-electron chi connectivity index (χ2n) is 6.77. The molecule has 1 atom stereocenters. The Bertz CT molecular complexity index is 837. The lowest BCUT2D eigenvalue weighted by atomic mass is 10.0. The van der Waals surface area contributed by atoms with E-state index in [9.17, 15) is 14.0 Å². The fourth-order valence-electron chi connectivity index (χ4n) is 2.52. The zero-order valence-corrected chi connectivity index (χ0v) is 20.9. The first-order chi connectivity index (χ1) is 13.5. The summed E-state index contributed by atoms with van der Waals surface area (Å²) >= 11 is 0. The van der Waals surface area contributed by atoms with Crippen LogP contribution in [-0.4, -0.2) is 21.3 Å². The first-order valence-corrected chi connectivity index (χ1v) is 12.3. The molecule has 12 heteroatoms. The molecule has 0 spiro atoms. The Labute approximate surface area is 191 Å². The maximum atomic E-state index is 11.3. The Morgan fingerprint density at radius 1 is 0.844 bits per heavy atom. The summed E-state index contributed by atoms with van der Waals surface area (Å²) in [5.41, 5.74) is 4.72. The third-order valence-electron chi connectivity index (χ3n) is 4.13. The number of hydrogen-bond acceptors (Lipinski definition) is 7. The summed E-state index contributed by atoms with van der Waals surface area (Å²) in [7, 11) is -9.86. The van der Waals surface area contributed by atoms with E-state index in [0.717, 1.165) is 31.3 Å². The van der Waals surface area contributed by atoms with Gasteiger partial charge in [-0.05, 0) is 57.6 Å². The average Bonchev–Trinajstić information content (AvgIpc) is 2.60. The van der Waals surface area contributed by atoms with Crippen LogP contribution in [0.5, 0.6) is 0 Å². The smallest absolute Gasteiger partial charge is 0.344 e. The van der Waals surface area contributed by atoms with Crippen molar-refractivity contribution >= 4 is 21.2 Å². The standard InChI is InChI=1S/C20H30O7P2.3H3N/c1-17(11-8-12-19(3)20-13-5-4-6-14-20)9-7-10-18(2)15-16-26-29(24,25)27-28(21,22)23;;;/h4-6,9,12-15H,7-8,10-11,16H2,1-3H3,(H,24,25)(H2,21,22,23);3*1H3/b17-9+,18-15+,19-12-;;;. The second kappa shape index (κ2) is 17.1. The highest BCUT2D eigenvalue weighted by Crippen LogP contribution is 2.57. The highest BCUT2D eigenvalue weighted by molar-refractivity contribution is 7.60. The minimum atomic E-state index is -5.08. The minimum Gasteiger partial charge on any atom is -0.344 e. The number of phosphoric ester groups is 1. The monoisotopic (exact) mass is 495 g/mol. The molecule has 0 amide bonds. The molecule has 0 aliphatic carbocycles. The van der Waals surface area contributed by atoms with E-state index in [4.69, 9.17) is 9.79 Å². The largest absolute Gasteiger partial charge is 0.481 e. The van der Waals surface area contributed by atoms with Crippen molar-refractivity contribution in [3.63, 3.8) is 0 Å². The average molecular weight is 495 g/mol. The fraction of sp³-hybridized carbons (Fsp3) is 0.400. The summed E-state index contributed by atoms with van der Waals surface area (Å²) in [6.45, 7) is 5.78. The zero-order chi connectivity index (χ0) is 21.9. The van der Waals surface area contributed by atoms with Gasteiger partial charge >= 0.3 is 15.6 Å². The van der Waals surface area contributed by atoms with E-state index in [2.05, 4.69) is 47.0 Å². The SMILES string of the molecule is C/C(=C/CC/C(C)=C/CC/C(C)=C/COP(=O)(O)OP(=O)(O)O)c1ccccc1.N.N.N. The minimum absolute atomic E-state index is 0. The van der Waals surface area contributed by atoms with E-state index in [0.29, 0.717) is 0 Å². The quantitative estimate of drug-likeness (QED) is 0.141. The van der Waals surface area contributed by atoms with Gasteiger partial charge in [-0.15, -0.1) is 0 Å². The van der Waals surface area contributed by atoms with Crippen LogP contribution >= 0.6 is 15.6 Å². The van der Waals surface area contributed by atoms with Crippen LogP contribution in [0.4, 0.5) is 0 Å². The van der Waals surface area contributed by atoms with Crippen LogP contribution in [-0.2, 0) is 18.0 Å². The Morgan fingerprint density at radius 3 is 1.88 bits per heavy atom. The first kappa shape index (κ1) is 35.2. The molecule has 186 valence electrons. The molecule has 1 rings (SSSR count). The molecule has 0 saturated heterocycles. The normalized spacial score (nSPS) is 14.5. The molecule has 0 heterocycles. The van der Waals surface area contributed by atoms with Gasteiger partial charge in [0.2, 0.25) is 0 Å². The molecule has 0 aromatic heterocycles. The van der Waals surface area contributed by atoms with Crippen molar-refractivity contribution < 1.29 is 32.6 Å². The third-order valence-corrected chi connectivity index (χ3v) is 6.28. The van der Waals surface area contributed by atoms with Crippen molar-refractivity contribution in [3.05, 3.63) is 65.3 Å². The van der Waals surface area contributed by atoms with Crippen LogP contribution in [0.15, 0.2) is 59.7 Å². The lowest BCUT2D eigenvalue weighted by Gasteiger charge is -2.11. The molecule has 0 bridgehead atoms. The van der Waals surface area contributed by atoms with Gasteiger partial charge in [0, 0.05) is 0 Å². The lowest BCUT2D eigenvalue weighted by Crippen LogP contribution is -1.94. The highest BCUT2D eigenvalue weighted by atomic mass is 31.3. The van der Waals surface area contributed by atoms with Crippen LogP contribution < -0.4 is 18.5 Å². The van der Waals surface area contributed by atoms with E-state index in [1.807, 2.05) is 25.1 Å². The molecule has 0 radical (unpaired) electrons. The molecule has 0 aliphatic heterocycles. The van der Waals surface area contributed by atoms with Gasteiger partial charge in [-0.2, -0.15) is 4.31 Å². The van der Waals surface area contributed by atoms with E-state index >= 15 is 0 Å². The molecule has 1 aromatic rings. The van der Waals surface area contributed by atoms with Crippen LogP contribution in [0.25, 0.3) is 5.57 Å². The Hall–Kier alpha value is -1.42. The number of phosphoric acid groups is 2. The van der Waals surface area contributed by atoms with E-state index in [1.165, 1.54) is 16.7 Å². The topological polar surface area (TPSA) is 218 Å². The van der Waals surface area contributed by atoms with Crippen molar-refractivity contribution in [2.24, 2.45) is 0 Å². The Kier molecular flexibility index (Phi) is 18.8. The van der Waals surface area contributed by atoms with Gasteiger partial charge in [0.05, 0.1) is 6.61 Å². The van der Waals surface area contributed by atoms with Gasteiger partial charge in [0.1, 0.15) is 0 Å². The van der Waals surface area contributed by atoms with Crippen molar-refractivity contribution in [2.45, 2.75) is 46.5 Å². The third kappa shape index (κ3) is 17.2. The van der Waals surface area contributed by atoms with Crippen molar-refractivity contribution in [1.29, 1.82) is 0 Å². The number of hydrogen-bond donors (Lipinski definition) is 6. The maximum absolute atomic E-state index is 11.3. The summed E-state index contributed by atoms with van der Waals surface area (Å²) in [4.78, 5) is 26.2. The highest BCUT2D eigenvalue weighted by Gasteiger charge is 2.31. The predicted molar refractivity (Wildman–Crippen MR) is 130 cm³/mol. The summed E-state index contributed by atoms with van der Waals surface area (Å²) in [5.74, 6) is 0. The number of rotatable bonds is 12. The van der Waals surface area contributed by atoms with Crippen molar-refractivity contribution in [1.82, 2.24) is 18.5 Å². The summed E-state index contributed by atoms with van der Waals surface area (Å²) in [6, 6.07) is 10.3. The van der Waals surface area contributed by atoms with Gasteiger partial charge in [0.25, 0.3) is 0 Å². The van der Waals surface area contributed by atoms with Crippen LogP contribution in [0.1, 0.15) is 52.0 Å². The predicted octanol–water partition coefficient (Wildman–Crippen LogP) is 6.26. The van der Waals surface area contributed by atoms with Gasteiger partial charge in [0.15, 0.2) is 0 Å². The van der Waals surface area contributed by atoms with Gasteiger partial charge in [-0.25, -0.2) is 9.13 Å². The summed E-state index contributed by atoms with van der Waals surface area (Å²) in [6.07, 6.45) is 9.50. The second-order valence-corrected chi connectivity index (χ2v) is 9.60. The summed E-state index contributed by atoms with van der Waals surface area (Å²) < 4.78 is 30.1. The molecule has 32 heavy (non-hydrogen) atoms. The van der Waals surface area contributed by atoms with E-state index in [1.54, 1.807) is 6.08 Å². The number of benzene rings is 1. The van der Waals surface area contributed by atoms with E-state index < -0.39 is 15.6 Å². The Balaban J connectivity index is -0.00000280. The molecule has 1 aromatic carbocycles. The van der Waals surface area contributed by atoms with Crippen molar-refractivity contribution in [2.75, 3.05) is 6.61 Å². The van der Waals surface area contributed by atoms with Gasteiger partial charge in [-0.1, -0.05) is 59.7 Å². The molecule has 0 saturated carbocycles. The van der Waals surface area contributed by atoms with Crippen LogP contribution in [0.3, 0.4) is 0 Å². The molecule has 0 aliphatic rings. The molecule has 12 N–H and O–H groups in total. The van der Waals surface area contributed by atoms with Crippen LogP contribution in [0.2, 0.25) is 0 Å². The molecular weight excluding hydrogens is 456 g/mol. The molecule has 10 nitrogen and oxygen atoms in total.